The maximum atomic E-state index is 12.8. The number of nitrogens with one attached hydrogen (secondary N) is 1. The first-order valence-electron chi connectivity index (χ1n) is 9.99. The molecule has 0 aromatic carbocycles. The molecule has 0 spiro atoms. The van der Waals surface area contributed by atoms with E-state index in [0.717, 1.165) is 23.5 Å². The monoisotopic (exact) mass is 402 g/mol. The van der Waals surface area contributed by atoms with Gasteiger partial charge < -0.3 is 14.7 Å². The van der Waals surface area contributed by atoms with Crippen LogP contribution in [-0.4, -0.2) is 39.9 Å². The smallest absolute Gasteiger partial charge is 0.263 e. The fourth-order valence-electron chi connectivity index (χ4n) is 3.57. The number of rotatable bonds is 6. The van der Waals surface area contributed by atoms with Crippen molar-refractivity contribution in [2.45, 2.75) is 51.5 Å². The van der Waals surface area contributed by atoms with Crippen LogP contribution in [0.3, 0.4) is 0 Å². The van der Waals surface area contributed by atoms with Gasteiger partial charge in [0.25, 0.3) is 5.91 Å². The van der Waals surface area contributed by atoms with Crippen LogP contribution in [0, 0.1) is 11.8 Å². The predicted molar refractivity (Wildman–Crippen MR) is 105 cm³/mol. The van der Waals surface area contributed by atoms with E-state index in [2.05, 4.69) is 15.5 Å². The van der Waals surface area contributed by atoms with Crippen molar-refractivity contribution in [3.05, 3.63) is 34.1 Å². The quantitative estimate of drug-likeness (QED) is 0.800. The summed E-state index contributed by atoms with van der Waals surface area (Å²) in [6.45, 7) is 5.28. The van der Waals surface area contributed by atoms with E-state index in [1.54, 1.807) is 0 Å². The fourth-order valence-corrected chi connectivity index (χ4v) is 4.26. The summed E-state index contributed by atoms with van der Waals surface area (Å²) in [7, 11) is 0. The maximum absolute atomic E-state index is 12.8. The SMILES string of the molecule is CC(C)C(NC(=O)C1CCN(C(=O)c2cccs2)CC1)c1nc(C2CC2)no1. The molecule has 1 unspecified atom stereocenters. The molecule has 1 atom stereocenters. The highest BCUT2D eigenvalue weighted by molar-refractivity contribution is 7.12. The first-order chi connectivity index (χ1) is 13.5. The van der Waals surface area contributed by atoms with Crippen molar-refractivity contribution in [2.24, 2.45) is 11.8 Å². The van der Waals surface area contributed by atoms with Crippen molar-refractivity contribution in [3.8, 4) is 0 Å². The molecule has 150 valence electrons. The average Bonchev–Trinajstić information content (AvgIpc) is 3.20. The zero-order chi connectivity index (χ0) is 19.7. The Morgan fingerprint density at radius 3 is 2.61 bits per heavy atom. The minimum Gasteiger partial charge on any atom is -0.344 e. The topological polar surface area (TPSA) is 88.3 Å². The van der Waals surface area contributed by atoms with Crippen LogP contribution in [0.1, 0.15) is 72.9 Å². The second-order valence-electron chi connectivity index (χ2n) is 8.04. The number of carbonyl (C=O) groups excluding carboxylic acids is 2. The van der Waals surface area contributed by atoms with Crippen molar-refractivity contribution in [3.63, 3.8) is 0 Å². The van der Waals surface area contributed by atoms with Gasteiger partial charge >= 0.3 is 0 Å². The zero-order valence-electron chi connectivity index (χ0n) is 16.3. The number of aromatic nitrogens is 2. The summed E-state index contributed by atoms with van der Waals surface area (Å²) >= 11 is 1.46. The Balaban J connectivity index is 1.34. The van der Waals surface area contributed by atoms with E-state index < -0.39 is 0 Å². The Morgan fingerprint density at radius 1 is 1.25 bits per heavy atom. The molecule has 1 aliphatic carbocycles. The molecule has 2 fully saturated rings. The summed E-state index contributed by atoms with van der Waals surface area (Å²) in [5.74, 6) is 1.80. The van der Waals surface area contributed by atoms with E-state index in [0.29, 0.717) is 37.7 Å². The molecule has 4 rings (SSSR count). The Morgan fingerprint density at radius 2 is 2.00 bits per heavy atom. The first kappa shape index (κ1) is 19.1. The molecule has 1 saturated carbocycles. The van der Waals surface area contributed by atoms with E-state index in [1.807, 2.05) is 36.3 Å². The number of amides is 2. The van der Waals surface area contributed by atoms with Crippen LogP contribution in [0.15, 0.2) is 22.0 Å². The molecule has 0 bridgehead atoms. The molecule has 2 aromatic rings. The third-order valence-corrected chi connectivity index (χ3v) is 6.37. The third kappa shape index (κ3) is 4.11. The zero-order valence-corrected chi connectivity index (χ0v) is 17.1. The van der Waals surface area contributed by atoms with Gasteiger partial charge in [0.05, 0.1) is 4.88 Å². The van der Waals surface area contributed by atoms with Gasteiger partial charge in [-0.05, 0) is 43.0 Å². The van der Waals surface area contributed by atoms with Gasteiger partial charge in [0.1, 0.15) is 6.04 Å². The second-order valence-corrected chi connectivity index (χ2v) is 8.99. The molecule has 3 heterocycles. The predicted octanol–water partition coefficient (Wildman–Crippen LogP) is 3.37. The highest BCUT2D eigenvalue weighted by Gasteiger charge is 2.34. The lowest BCUT2D eigenvalue weighted by atomic mass is 9.94. The third-order valence-electron chi connectivity index (χ3n) is 5.52. The minimum absolute atomic E-state index is 0.00749. The van der Waals surface area contributed by atoms with Gasteiger partial charge in [-0.1, -0.05) is 25.1 Å². The Bertz CT molecular complexity index is 820. The average molecular weight is 403 g/mol. The van der Waals surface area contributed by atoms with Crippen LogP contribution >= 0.6 is 11.3 Å². The summed E-state index contributed by atoms with van der Waals surface area (Å²) in [4.78, 5) is 32.4. The fraction of sp³-hybridized carbons (Fsp3) is 0.600. The van der Waals surface area contributed by atoms with Gasteiger partial charge in [-0.25, -0.2) is 0 Å². The second kappa shape index (κ2) is 8.03. The van der Waals surface area contributed by atoms with Crippen LogP contribution in [-0.2, 0) is 4.79 Å². The van der Waals surface area contributed by atoms with Crippen LogP contribution < -0.4 is 5.32 Å². The lowest BCUT2D eigenvalue weighted by Gasteiger charge is -2.32. The van der Waals surface area contributed by atoms with E-state index in [1.165, 1.54) is 11.3 Å². The van der Waals surface area contributed by atoms with Crippen LogP contribution in [0.4, 0.5) is 0 Å². The number of hydrogen-bond acceptors (Lipinski definition) is 6. The lowest BCUT2D eigenvalue weighted by Crippen LogP contribution is -2.44. The van der Waals surface area contributed by atoms with Gasteiger partial charge in [-0.3, -0.25) is 9.59 Å². The molecule has 8 heteroatoms. The summed E-state index contributed by atoms with van der Waals surface area (Å²) in [6.07, 6.45) is 3.57. The maximum Gasteiger partial charge on any atom is 0.263 e. The number of carbonyl (C=O) groups is 2. The largest absolute Gasteiger partial charge is 0.344 e. The number of hydrogen-bond donors (Lipinski definition) is 1. The molecule has 1 aliphatic heterocycles. The Labute approximate surface area is 168 Å². The summed E-state index contributed by atoms with van der Waals surface area (Å²) < 4.78 is 5.44. The molecule has 28 heavy (non-hydrogen) atoms. The van der Waals surface area contributed by atoms with E-state index in [4.69, 9.17) is 4.52 Å². The normalized spacial score (nSPS) is 19.0. The first-order valence-corrected chi connectivity index (χ1v) is 10.9. The summed E-state index contributed by atoms with van der Waals surface area (Å²) in [6, 6.07) is 3.45. The van der Waals surface area contributed by atoms with E-state index in [9.17, 15) is 9.59 Å². The highest BCUT2D eigenvalue weighted by Crippen LogP contribution is 2.38. The highest BCUT2D eigenvalue weighted by atomic mass is 32.1. The number of piperidine rings is 1. The van der Waals surface area contributed by atoms with Crippen LogP contribution in [0.25, 0.3) is 0 Å². The molecule has 7 nitrogen and oxygen atoms in total. The molecule has 2 aromatic heterocycles. The summed E-state index contributed by atoms with van der Waals surface area (Å²) in [5.41, 5.74) is 0. The number of likely N-dealkylation sites (tertiary alicyclic amines) is 1. The number of nitrogens with zero attached hydrogens (tertiary/aromatic N) is 3. The molecular weight excluding hydrogens is 376 g/mol. The Kier molecular flexibility index (Phi) is 5.48. The molecular formula is C20H26N4O3S. The summed E-state index contributed by atoms with van der Waals surface area (Å²) in [5, 5.41) is 9.09. The van der Waals surface area contributed by atoms with Crippen molar-refractivity contribution in [1.29, 1.82) is 0 Å². The minimum atomic E-state index is -0.279. The van der Waals surface area contributed by atoms with Crippen molar-refractivity contribution in [2.75, 3.05) is 13.1 Å². The van der Waals surface area contributed by atoms with Crippen LogP contribution in [0.2, 0.25) is 0 Å². The van der Waals surface area contributed by atoms with E-state index in [-0.39, 0.29) is 29.7 Å². The molecule has 2 aliphatic rings. The molecule has 2 amide bonds. The van der Waals surface area contributed by atoms with Crippen LogP contribution in [0.5, 0.6) is 0 Å². The van der Waals surface area contributed by atoms with Crippen molar-refractivity contribution in [1.82, 2.24) is 20.4 Å². The van der Waals surface area contributed by atoms with Gasteiger partial charge in [0.2, 0.25) is 11.8 Å². The van der Waals surface area contributed by atoms with E-state index >= 15 is 0 Å². The van der Waals surface area contributed by atoms with Crippen molar-refractivity contribution >= 4 is 23.2 Å². The molecule has 1 N–H and O–H groups in total. The standard InChI is InChI=1S/C20H26N4O3S/c1-12(2)16(19-22-17(23-27-19)13-5-6-13)21-18(25)14-7-9-24(10-8-14)20(26)15-4-3-11-28-15/h3-4,11-14,16H,5-10H2,1-2H3,(H,21,25). The van der Waals surface area contributed by atoms with Gasteiger partial charge in [0.15, 0.2) is 5.82 Å². The molecule has 0 radical (unpaired) electrons. The van der Waals surface area contributed by atoms with Gasteiger partial charge in [0, 0.05) is 24.9 Å². The molecule has 1 saturated heterocycles. The number of thiophene rings is 1. The van der Waals surface area contributed by atoms with Crippen molar-refractivity contribution < 1.29 is 14.1 Å². The Hall–Kier alpha value is -2.22. The lowest BCUT2D eigenvalue weighted by molar-refractivity contribution is -0.127. The van der Waals surface area contributed by atoms with Gasteiger partial charge in [-0.15, -0.1) is 11.3 Å². The van der Waals surface area contributed by atoms with Gasteiger partial charge in [-0.2, -0.15) is 4.98 Å².